The predicted molar refractivity (Wildman–Crippen MR) is 81.7 cm³/mol. The molecule has 4 N–H and O–H groups in total. The van der Waals surface area contributed by atoms with Crippen molar-refractivity contribution in [3.63, 3.8) is 0 Å². The number of hydrogen-bond acceptors (Lipinski definition) is 4. The van der Waals surface area contributed by atoms with Crippen LogP contribution in [0.3, 0.4) is 0 Å². The summed E-state index contributed by atoms with van der Waals surface area (Å²) in [5.74, 6) is -0.121. The Morgan fingerprint density at radius 3 is 2.62 bits per heavy atom. The molecule has 7 nitrogen and oxygen atoms in total. The fraction of sp³-hybridized carbons (Fsp3) is 0.462. The average molecular weight is 312 g/mol. The van der Waals surface area contributed by atoms with Gasteiger partial charge in [-0.25, -0.2) is 0 Å². The van der Waals surface area contributed by atoms with E-state index in [0.717, 1.165) is 24.8 Å². The van der Waals surface area contributed by atoms with Crippen LogP contribution in [0.5, 0.6) is 0 Å². The summed E-state index contributed by atoms with van der Waals surface area (Å²) in [6.07, 6.45) is 2.77. The second kappa shape index (κ2) is 6.31. The Kier molecular flexibility index (Phi) is 4.69. The topological polar surface area (TPSA) is 108 Å². The minimum Gasteiger partial charge on any atom is -0.409 e. The van der Waals surface area contributed by atoms with Crippen molar-refractivity contribution in [1.82, 2.24) is 4.31 Å². The van der Waals surface area contributed by atoms with Gasteiger partial charge in [-0.3, -0.25) is 4.72 Å². The number of rotatable bonds is 4. The molecule has 0 bridgehead atoms. The molecule has 0 aromatic heterocycles. The van der Waals surface area contributed by atoms with E-state index in [-0.39, 0.29) is 5.84 Å². The number of benzene rings is 1. The Bertz CT molecular complexity index is 637. The maximum atomic E-state index is 12.4. The van der Waals surface area contributed by atoms with Gasteiger partial charge in [0.25, 0.3) is 0 Å². The first-order valence-corrected chi connectivity index (χ1v) is 8.25. The summed E-state index contributed by atoms with van der Waals surface area (Å²) in [5.41, 5.74) is 7.08. The van der Waals surface area contributed by atoms with Crippen LogP contribution in [0, 0.1) is 6.92 Å². The van der Waals surface area contributed by atoms with Crippen molar-refractivity contribution in [2.24, 2.45) is 10.9 Å². The highest BCUT2D eigenvalue weighted by Crippen LogP contribution is 2.22. The van der Waals surface area contributed by atoms with Gasteiger partial charge in [-0.1, -0.05) is 23.7 Å². The summed E-state index contributed by atoms with van der Waals surface area (Å²) in [4.78, 5) is 0. The molecule has 1 aliphatic heterocycles. The molecule has 0 spiro atoms. The molecule has 1 heterocycles. The molecule has 1 aromatic rings. The molecule has 2 rings (SSSR count). The largest absolute Gasteiger partial charge is 0.409 e. The summed E-state index contributed by atoms with van der Waals surface area (Å²) < 4.78 is 28.8. The molecule has 0 amide bonds. The van der Waals surface area contributed by atoms with Gasteiger partial charge in [0.2, 0.25) is 0 Å². The molecule has 21 heavy (non-hydrogen) atoms. The van der Waals surface area contributed by atoms with E-state index in [1.807, 2.05) is 0 Å². The van der Waals surface area contributed by atoms with Crippen molar-refractivity contribution in [3.05, 3.63) is 29.3 Å². The Balaban J connectivity index is 2.33. The maximum Gasteiger partial charge on any atom is 0.301 e. The number of hydrogen-bond donors (Lipinski definition) is 3. The van der Waals surface area contributed by atoms with Gasteiger partial charge in [0.1, 0.15) is 0 Å². The zero-order valence-corrected chi connectivity index (χ0v) is 12.7. The lowest BCUT2D eigenvalue weighted by atomic mass is 10.1. The highest BCUT2D eigenvalue weighted by molar-refractivity contribution is 7.90. The Morgan fingerprint density at radius 2 is 2.00 bits per heavy atom. The van der Waals surface area contributed by atoms with Crippen molar-refractivity contribution in [3.8, 4) is 0 Å². The minimum absolute atomic E-state index is 0.121. The Labute approximate surface area is 124 Å². The fourth-order valence-corrected chi connectivity index (χ4v) is 3.77. The summed E-state index contributed by atoms with van der Waals surface area (Å²) in [6, 6.07) is 5.09. The lowest BCUT2D eigenvalue weighted by Gasteiger charge is -2.26. The molecule has 1 saturated heterocycles. The average Bonchev–Trinajstić information content (AvgIpc) is 2.47. The van der Waals surface area contributed by atoms with E-state index in [9.17, 15) is 8.42 Å². The van der Waals surface area contributed by atoms with Crippen LogP contribution in [0.4, 0.5) is 5.69 Å². The van der Waals surface area contributed by atoms with E-state index in [0.29, 0.717) is 24.3 Å². The lowest BCUT2D eigenvalue weighted by molar-refractivity contribution is 0.318. The van der Waals surface area contributed by atoms with Crippen LogP contribution in [-0.2, 0) is 10.2 Å². The minimum atomic E-state index is -3.63. The Hall–Kier alpha value is -1.80. The number of aryl methyl sites for hydroxylation is 1. The summed E-state index contributed by atoms with van der Waals surface area (Å²) >= 11 is 0. The SMILES string of the molecule is Cc1cccc(NS(=O)(=O)N2CCCCC2)c1/C(N)=N/O. The quantitative estimate of drug-likeness (QED) is 0.336. The number of oxime groups is 1. The standard InChI is InChI=1S/C13H20N4O3S/c1-10-6-5-7-11(12(10)13(14)15-18)16-21(19,20)17-8-3-2-4-9-17/h5-7,16,18H,2-4,8-9H2,1H3,(H2,14,15). The normalized spacial score (nSPS) is 17.7. The molecule has 0 aliphatic carbocycles. The number of amidine groups is 1. The van der Waals surface area contributed by atoms with Gasteiger partial charge in [-0.05, 0) is 31.4 Å². The second-order valence-electron chi connectivity index (χ2n) is 5.05. The molecule has 0 atom stereocenters. The summed E-state index contributed by atoms with van der Waals surface area (Å²) in [5, 5.41) is 11.8. The van der Waals surface area contributed by atoms with E-state index in [1.165, 1.54) is 4.31 Å². The molecule has 1 aromatic carbocycles. The molecule has 0 saturated carbocycles. The lowest BCUT2D eigenvalue weighted by Crippen LogP contribution is -2.39. The van der Waals surface area contributed by atoms with Crippen molar-refractivity contribution in [2.75, 3.05) is 17.8 Å². The molecule has 0 radical (unpaired) electrons. The van der Waals surface area contributed by atoms with Crippen LogP contribution < -0.4 is 10.5 Å². The third-order valence-corrected chi connectivity index (χ3v) is 5.05. The van der Waals surface area contributed by atoms with E-state index >= 15 is 0 Å². The van der Waals surface area contributed by atoms with Gasteiger partial charge < -0.3 is 10.9 Å². The molecule has 8 heteroatoms. The second-order valence-corrected chi connectivity index (χ2v) is 6.72. The highest BCUT2D eigenvalue weighted by atomic mass is 32.2. The van der Waals surface area contributed by atoms with Crippen molar-refractivity contribution >= 4 is 21.7 Å². The molecule has 116 valence electrons. The van der Waals surface area contributed by atoms with Gasteiger partial charge in [0.05, 0.1) is 5.69 Å². The third kappa shape index (κ3) is 3.45. The van der Waals surface area contributed by atoms with Gasteiger partial charge in [-0.2, -0.15) is 12.7 Å². The van der Waals surface area contributed by atoms with Crippen LogP contribution in [0.1, 0.15) is 30.4 Å². The maximum absolute atomic E-state index is 12.4. The number of piperidine rings is 1. The van der Waals surface area contributed by atoms with E-state index in [2.05, 4.69) is 9.88 Å². The number of nitrogens with zero attached hydrogens (tertiary/aromatic N) is 2. The van der Waals surface area contributed by atoms with Crippen LogP contribution in [0.2, 0.25) is 0 Å². The molecule has 0 unspecified atom stereocenters. The van der Waals surface area contributed by atoms with Crippen molar-refractivity contribution in [2.45, 2.75) is 26.2 Å². The van der Waals surface area contributed by atoms with Gasteiger partial charge in [0.15, 0.2) is 5.84 Å². The highest BCUT2D eigenvalue weighted by Gasteiger charge is 2.25. The van der Waals surface area contributed by atoms with E-state index < -0.39 is 10.2 Å². The van der Waals surface area contributed by atoms with Crippen LogP contribution in [0.15, 0.2) is 23.4 Å². The summed E-state index contributed by atoms with van der Waals surface area (Å²) in [6.45, 7) is 2.80. The molecule has 1 fully saturated rings. The monoisotopic (exact) mass is 312 g/mol. The summed E-state index contributed by atoms with van der Waals surface area (Å²) in [7, 11) is -3.63. The van der Waals surface area contributed by atoms with Gasteiger partial charge >= 0.3 is 10.2 Å². The number of nitrogens with two attached hydrogens (primary N) is 1. The fourth-order valence-electron chi connectivity index (χ4n) is 2.45. The van der Waals surface area contributed by atoms with Crippen LogP contribution in [-0.4, -0.2) is 36.9 Å². The zero-order valence-electron chi connectivity index (χ0n) is 11.9. The molecule has 1 aliphatic rings. The number of anilines is 1. The number of nitrogens with one attached hydrogen (secondary N) is 1. The van der Waals surface area contributed by atoms with E-state index in [1.54, 1.807) is 25.1 Å². The van der Waals surface area contributed by atoms with Gasteiger partial charge in [0, 0.05) is 18.7 Å². The smallest absolute Gasteiger partial charge is 0.301 e. The predicted octanol–water partition coefficient (Wildman–Crippen LogP) is 1.23. The third-order valence-electron chi connectivity index (χ3n) is 3.53. The van der Waals surface area contributed by atoms with Crippen LogP contribution in [0.25, 0.3) is 0 Å². The van der Waals surface area contributed by atoms with Gasteiger partial charge in [-0.15, -0.1) is 0 Å². The molecular formula is C13H20N4O3S. The van der Waals surface area contributed by atoms with Crippen molar-refractivity contribution < 1.29 is 13.6 Å². The Morgan fingerprint density at radius 1 is 1.33 bits per heavy atom. The zero-order chi connectivity index (χ0) is 15.5. The van der Waals surface area contributed by atoms with E-state index in [4.69, 9.17) is 10.9 Å². The van der Waals surface area contributed by atoms with Crippen molar-refractivity contribution in [1.29, 1.82) is 0 Å². The van der Waals surface area contributed by atoms with Crippen LogP contribution >= 0.6 is 0 Å². The first-order chi connectivity index (χ1) is 9.95. The molecular weight excluding hydrogens is 292 g/mol. The first-order valence-electron chi connectivity index (χ1n) is 6.81. The first kappa shape index (κ1) is 15.6.